The Morgan fingerprint density at radius 3 is 2.67 bits per heavy atom. The third-order valence-electron chi connectivity index (χ3n) is 3.84. The molecule has 112 valence electrons. The molecule has 1 fully saturated rings. The van der Waals surface area contributed by atoms with Gasteiger partial charge in [0, 0.05) is 12.5 Å². The van der Waals surface area contributed by atoms with Crippen LogP contribution in [0.25, 0.3) is 0 Å². The molecule has 2 atom stereocenters. The summed E-state index contributed by atoms with van der Waals surface area (Å²) in [6.07, 6.45) is 1.89. The number of halogens is 1. The van der Waals surface area contributed by atoms with Crippen LogP contribution in [0.3, 0.4) is 0 Å². The van der Waals surface area contributed by atoms with Crippen LogP contribution < -0.4 is 10.6 Å². The van der Waals surface area contributed by atoms with E-state index < -0.39 is 0 Å². The van der Waals surface area contributed by atoms with Gasteiger partial charge in [0.25, 0.3) is 0 Å². The fourth-order valence-corrected chi connectivity index (χ4v) is 3.08. The molecule has 21 heavy (non-hydrogen) atoms. The van der Waals surface area contributed by atoms with Gasteiger partial charge in [-0.1, -0.05) is 6.07 Å². The summed E-state index contributed by atoms with van der Waals surface area (Å²) in [5.41, 5.74) is 2.14. The molecule has 1 aromatic carbocycles. The lowest BCUT2D eigenvalue weighted by molar-refractivity contribution is -0.123. The molecule has 1 aromatic rings. The van der Waals surface area contributed by atoms with Gasteiger partial charge in [0.15, 0.2) is 0 Å². The van der Waals surface area contributed by atoms with Crippen molar-refractivity contribution in [3.8, 4) is 0 Å². The molecule has 0 aliphatic carbocycles. The number of carbonyl (C=O) groups excluding carboxylic acids is 2. The molecule has 0 radical (unpaired) electrons. The average molecular weight is 309 g/mol. The van der Waals surface area contributed by atoms with Crippen molar-refractivity contribution >= 4 is 34.8 Å². The molecule has 5 nitrogen and oxygen atoms in total. The van der Waals surface area contributed by atoms with Gasteiger partial charge in [-0.15, -0.1) is 11.6 Å². The second kappa shape index (κ2) is 6.03. The highest BCUT2D eigenvalue weighted by Gasteiger charge is 2.25. The molecule has 2 heterocycles. The Balaban J connectivity index is 1.84. The first-order chi connectivity index (χ1) is 10.1. The zero-order valence-corrected chi connectivity index (χ0v) is 12.3. The Bertz CT molecular complexity index is 570. The van der Waals surface area contributed by atoms with Crippen LogP contribution in [-0.2, 0) is 14.3 Å². The lowest BCUT2D eigenvalue weighted by atomic mass is 9.93. The first-order valence-electron chi connectivity index (χ1n) is 7.09. The van der Waals surface area contributed by atoms with Crippen LogP contribution in [0.15, 0.2) is 18.2 Å². The van der Waals surface area contributed by atoms with E-state index in [0.717, 1.165) is 25.0 Å². The minimum Gasteiger partial charge on any atom is -0.381 e. The summed E-state index contributed by atoms with van der Waals surface area (Å²) < 4.78 is 5.48. The molecule has 2 N–H and O–H groups in total. The van der Waals surface area contributed by atoms with Crippen molar-refractivity contribution in [3.05, 3.63) is 23.8 Å². The fourth-order valence-electron chi connectivity index (χ4n) is 2.75. The fraction of sp³-hybridized carbons (Fsp3) is 0.467. The summed E-state index contributed by atoms with van der Waals surface area (Å²) in [7, 11) is 0. The van der Waals surface area contributed by atoms with Crippen molar-refractivity contribution in [2.75, 3.05) is 23.8 Å². The summed E-state index contributed by atoms with van der Waals surface area (Å²) in [6.45, 7) is 1.46. The minimum atomic E-state index is -0.310. The maximum atomic E-state index is 11.6. The maximum Gasteiger partial charge on any atom is 0.233 e. The molecule has 0 bridgehead atoms. The molecule has 6 heteroatoms. The summed E-state index contributed by atoms with van der Waals surface area (Å²) in [4.78, 5) is 23.1. The smallest absolute Gasteiger partial charge is 0.233 e. The standard InChI is InChI=1S/C15H17ClN2O3/c16-15(10-2-1-5-21-8-10)9-3-4-11-12(6-9)18-14(20)7-13(19)17-11/h3-4,6,10,15H,1-2,5,7-8H2,(H,17,19)(H,18,20). The van der Waals surface area contributed by atoms with E-state index in [1.807, 2.05) is 12.1 Å². The van der Waals surface area contributed by atoms with Crippen LogP contribution in [0, 0.1) is 5.92 Å². The van der Waals surface area contributed by atoms with Gasteiger partial charge in [-0.3, -0.25) is 9.59 Å². The van der Waals surface area contributed by atoms with Crippen molar-refractivity contribution in [1.82, 2.24) is 0 Å². The van der Waals surface area contributed by atoms with E-state index in [4.69, 9.17) is 16.3 Å². The van der Waals surface area contributed by atoms with Crippen LogP contribution in [0.2, 0.25) is 0 Å². The van der Waals surface area contributed by atoms with Crippen LogP contribution in [0.4, 0.5) is 11.4 Å². The topological polar surface area (TPSA) is 67.4 Å². The number of amides is 2. The van der Waals surface area contributed by atoms with Gasteiger partial charge in [-0.05, 0) is 30.5 Å². The lowest BCUT2D eigenvalue weighted by Crippen LogP contribution is -2.21. The first kappa shape index (κ1) is 14.4. The second-order valence-electron chi connectivity index (χ2n) is 5.46. The zero-order chi connectivity index (χ0) is 14.8. The van der Waals surface area contributed by atoms with Crippen LogP contribution in [0.5, 0.6) is 0 Å². The quantitative estimate of drug-likeness (QED) is 0.652. The van der Waals surface area contributed by atoms with Crippen molar-refractivity contribution in [2.24, 2.45) is 5.92 Å². The van der Waals surface area contributed by atoms with Crippen LogP contribution >= 0.6 is 11.6 Å². The third kappa shape index (κ3) is 3.19. The largest absolute Gasteiger partial charge is 0.381 e. The number of anilines is 2. The van der Waals surface area contributed by atoms with E-state index in [2.05, 4.69) is 10.6 Å². The highest BCUT2D eigenvalue weighted by molar-refractivity contribution is 6.21. The molecule has 2 amide bonds. The molecule has 2 aliphatic heterocycles. The number of hydrogen-bond acceptors (Lipinski definition) is 3. The van der Waals surface area contributed by atoms with Gasteiger partial charge in [0.2, 0.25) is 11.8 Å². The van der Waals surface area contributed by atoms with E-state index in [0.29, 0.717) is 18.0 Å². The molecule has 3 rings (SSSR count). The number of ether oxygens (including phenoxy) is 1. The highest BCUT2D eigenvalue weighted by atomic mass is 35.5. The summed E-state index contributed by atoms with van der Waals surface area (Å²) >= 11 is 6.55. The van der Waals surface area contributed by atoms with E-state index >= 15 is 0 Å². The van der Waals surface area contributed by atoms with Gasteiger partial charge in [0.1, 0.15) is 6.42 Å². The minimum absolute atomic E-state index is 0.161. The van der Waals surface area contributed by atoms with E-state index in [1.165, 1.54) is 0 Å². The Labute approximate surface area is 128 Å². The molecule has 0 aromatic heterocycles. The Hall–Kier alpha value is -1.59. The highest BCUT2D eigenvalue weighted by Crippen LogP contribution is 2.37. The maximum absolute atomic E-state index is 11.6. The summed E-state index contributed by atoms with van der Waals surface area (Å²) in [6, 6.07) is 5.52. The van der Waals surface area contributed by atoms with E-state index in [-0.39, 0.29) is 29.5 Å². The van der Waals surface area contributed by atoms with Crippen molar-refractivity contribution in [2.45, 2.75) is 24.6 Å². The van der Waals surface area contributed by atoms with Gasteiger partial charge in [-0.25, -0.2) is 0 Å². The van der Waals surface area contributed by atoms with Gasteiger partial charge < -0.3 is 15.4 Å². The average Bonchev–Trinajstić information content (AvgIpc) is 2.63. The molecule has 0 spiro atoms. The predicted octanol–water partition coefficient (Wildman–Crippen LogP) is 2.67. The summed E-state index contributed by atoms with van der Waals surface area (Å²) in [5.74, 6) is -0.341. The van der Waals surface area contributed by atoms with E-state index in [9.17, 15) is 9.59 Å². The third-order valence-corrected chi connectivity index (χ3v) is 4.45. The van der Waals surface area contributed by atoms with Crippen LogP contribution in [-0.4, -0.2) is 25.0 Å². The predicted molar refractivity (Wildman–Crippen MR) is 80.5 cm³/mol. The van der Waals surface area contributed by atoms with Crippen molar-refractivity contribution < 1.29 is 14.3 Å². The number of benzene rings is 1. The van der Waals surface area contributed by atoms with Crippen molar-refractivity contribution in [1.29, 1.82) is 0 Å². The number of hydrogen-bond donors (Lipinski definition) is 2. The van der Waals surface area contributed by atoms with Gasteiger partial charge >= 0.3 is 0 Å². The van der Waals surface area contributed by atoms with Gasteiger partial charge in [-0.2, -0.15) is 0 Å². The molecule has 1 saturated heterocycles. The normalized spacial score (nSPS) is 23.6. The number of nitrogens with one attached hydrogen (secondary N) is 2. The van der Waals surface area contributed by atoms with Gasteiger partial charge in [0.05, 0.1) is 23.4 Å². The Morgan fingerprint density at radius 1 is 1.19 bits per heavy atom. The second-order valence-corrected chi connectivity index (χ2v) is 5.93. The molecular weight excluding hydrogens is 292 g/mol. The van der Waals surface area contributed by atoms with Crippen LogP contribution in [0.1, 0.15) is 30.2 Å². The number of alkyl halides is 1. The number of fused-ring (bicyclic) bond motifs is 1. The molecule has 0 saturated carbocycles. The number of carbonyl (C=O) groups is 2. The first-order valence-corrected chi connectivity index (χ1v) is 7.52. The Kier molecular flexibility index (Phi) is 4.12. The molecule has 2 aliphatic rings. The van der Waals surface area contributed by atoms with Crippen molar-refractivity contribution in [3.63, 3.8) is 0 Å². The molecule has 2 unspecified atom stereocenters. The van der Waals surface area contributed by atoms with E-state index in [1.54, 1.807) is 6.07 Å². The Morgan fingerprint density at radius 2 is 1.95 bits per heavy atom. The summed E-state index contributed by atoms with van der Waals surface area (Å²) in [5, 5.41) is 5.29. The lowest BCUT2D eigenvalue weighted by Gasteiger charge is -2.27. The molecular formula is C15H17ClN2O3. The number of rotatable bonds is 2. The monoisotopic (exact) mass is 308 g/mol. The zero-order valence-electron chi connectivity index (χ0n) is 11.5. The SMILES string of the molecule is O=C1CC(=O)Nc2cc(C(Cl)C3CCCOC3)ccc2N1.